The van der Waals surface area contributed by atoms with Gasteiger partial charge < -0.3 is 4.90 Å². The first-order valence-corrected chi connectivity index (χ1v) is 9.38. The maximum Gasteiger partial charge on any atom is 0.263 e. The number of carbonyl (C=O) groups excluding carboxylic acids is 1. The van der Waals surface area contributed by atoms with Gasteiger partial charge in [-0.1, -0.05) is 12.5 Å². The second-order valence-corrected chi connectivity index (χ2v) is 8.23. The maximum absolute atomic E-state index is 12.7. The van der Waals surface area contributed by atoms with Crippen LogP contribution in [0.15, 0.2) is 17.5 Å². The van der Waals surface area contributed by atoms with Crippen LogP contribution in [0.1, 0.15) is 65.3 Å². The second kappa shape index (κ2) is 4.90. The summed E-state index contributed by atoms with van der Waals surface area (Å²) in [5, 5.41) is 9.59. The fraction of sp³-hybridized carbons (Fsp3) is 0.588. The third-order valence-corrected chi connectivity index (χ3v) is 6.67. The normalized spacial score (nSPS) is 25.7. The average molecular weight is 328 g/mol. The lowest BCUT2D eigenvalue weighted by Crippen LogP contribution is -2.37. The van der Waals surface area contributed by atoms with Crippen LogP contribution in [0.25, 0.3) is 0 Å². The summed E-state index contributed by atoms with van der Waals surface area (Å²) in [5.74, 6) is 3.06. The van der Waals surface area contributed by atoms with E-state index in [0.717, 1.165) is 29.6 Å². The van der Waals surface area contributed by atoms with Crippen LogP contribution in [-0.4, -0.2) is 39.1 Å². The third kappa shape index (κ3) is 2.15. The van der Waals surface area contributed by atoms with Crippen molar-refractivity contribution in [2.45, 2.75) is 43.9 Å². The molecule has 3 aliphatic rings. The number of thiophene rings is 1. The van der Waals surface area contributed by atoms with Crippen LogP contribution in [0.3, 0.4) is 0 Å². The van der Waals surface area contributed by atoms with Crippen molar-refractivity contribution in [2.24, 2.45) is 5.41 Å². The van der Waals surface area contributed by atoms with E-state index in [1.807, 2.05) is 22.4 Å². The Bertz CT molecular complexity index is 730. The number of aromatic nitrogens is 3. The average Bonchev–Trinajstić information content (AvgIpc) is 3.01. The summed E-state index contributed by atoms with van der Waals surface area (Å²) in [6, 6.07) is 3.87. The number of hydrogen-bond acceptors (Lipinski definition) is 4. The van der Waals surface area contributed by atoms with Gasteiger partial charge in [0.25, 0.3) is 5.91 Å². The molecular weight excluding hydrogens is 308 g/mol. The van der Waals surface area contributed by atoms with Crippen LogP contribution in [0, 0.1) is 5.41 Å². The second-order valence-electron chi connectivity index (χ2n) is 7.28. The molecule has 1 spiro atoms. The molecule has 0 bridgehead atoms. The molecule has 6 heteroatoms. The Labute approximate surface area is 139 Å². The Morgan fingerprint density at radius 2 is 2.26 bits per heavy atom. The highest BCUT2D eigenvalue weighted by molar-refractivity contribution is 7.12. The van der Waals surface area contributed by atoms with Crippen LogP contribution in [-0.2, 0) is 0 Å². The van der Waals surface area contributed by atoms with Gasteiger partial charge in [0.15, 0.2) is 5.82 Å². The van der Waals surface area contributed by atoms with E-state index in [2.05, 4.69) is 10.2 Å². The van der Waals surface area contributed by atoms with E-state index in [1.54, 1.807) is 0 Å². The van der Waals surface area contributed by atoms with Gasteiger partial charge >= 0.3 is 0 Å². The van der Waals surface area contributed by atoms with E-state index in [4.69, 9.17) is 4.98 Å². The van der Waals surface area contributed by atoms with Crippen LogP contribution in [0.4, 0.5) is 0 Å². The number of carbonyl (C=O) groups is 1. The molecule has 3 heterocycles. The van der Waals surface area contributed by atoms with Crippen molar-refractivity contribution in [1.82, 2.24) is 20.1 Å². The highest BCUT2D eigenvalue weighted by atomic mass is 32.1. The summed E-state index contributed by atoms with van der Waals surface area (Å²) in [6.45, 7) is 1.64. The summed E-state index contributed by atoms with van der Waals surface area (Å²) >= 11 is 1.53. The van der Waals surface area contributed by atoms with Gasteiger partial charge in [0.2, 0.25) is 0 Å². The van der Waals surface area contributed by atoms with Crippen molar-refractivity contribution < 1.29 is 4.79 Å². The quantitative estimate of drug-likeness (QED) is 0.941. The minimum Gasteiger partial charge on any atom is -0.337 e. The van der Waals surface area contributed by atoms with Crippen molar-refractivity contribution in [3.63, 3.8) is 0 Å². The zero-order chi connectivity index (χ0) is 15.4. The highest BCUT2D eigenvalue weighted by Gasteiger charge is 2.53. The van der Waals surface area contributed by atoms with Gasteiger partial charge in [-0.2, -0.15) is 5.10 Å². The minimum atomic E-state index is 0.177. The van der Waals surface area contributed by atoms with E-state index in [-0.39, 0.29) is 11.3 Å². The first kappa shape index (κ1) is 13.7. The van der Waals surface area contributed by atoms with Gasteiger partial charge in [-0.25, -0.2) is 4.98 Å². The van der Waals surface area contributed by atoms with E-state index in [0.29, 0.717) is 11.8 Å². The Hall–Kier alpha value is -1.69. The monoisotopic (exact) mass is 328 g/mol. The molecular formula is C17H20N4OS. The van der Waals surface area contributed by atoms with Gasteiger partial charge in [-0.15, -0.1) is 11.3 Å². The molecule has 3 fully saturated rings. The van der Waals surface area contributed by atoms with E-state index in [9.17, 15) is 4.79 Å². The summed E-state index contributed by atoms with van der Waals surface area (Å²) in [7, 11) is 0. The van der Waals surface area contributed by atoms with Crippen molar-refractivity contribution in [3.8, 4) is 0 Å². The van der Waals surface area contributed by atoms with Crippen LogP contribution in [0.5, 0.6) is 0 Å². The van der Waals surface area contributed by atoms with Crippen molar-refractivity contribution in [1.29, 1.82) is 0 Å². The lowest BCUT2D eigenvalue weighted by molar-refractivity contribution is 0.0728. The number of H-pyrrole nitrogens is 1. The number of amides is 1. The Morgan fingerprint density at radius 3 is 2.91 bits per heavy atom. The van der Waals surface area contributed by atoms with Crippen molar-refractivity contribution in [3.05, 3.63) is 34.0 Å². The smallest absolute Gasteiger partial charge is 0.263 e. The molecule has 1 aliphatic heterocycles. The largest absolute Gasteiger partial charge is 0.337 e. The first-order valence-electron chi connectivity index (χ1n) is 8.50. The predicted octanol–water partition coefficient (Wildman–Crippen LogP) is 3.15. The zero-order valence-corrected chi connectivity index (χ0v) is 13.8. The molecule has 1 saturated heterocycles. The summed E-state index contributed by atoms with van der Waals surface area (Å²) in [5.41, 5.74) is 0.229. The predicted molar refractivity (Wildman–Crippen MR) is 87.6 cm³/mol. The molecule has 1 N–H and O–H groups in total. The molecule has 23 heavy (non-hydrogen) atoms. The van der Waals surface area contributed by atoms with Gasteiger partial charge in [-0.3, -0.25) is 9.89 Å². The topological polar surface area (TPSA) is 61.9 Å². The van der Waals surface area contributed by atoms with Gasteiger partial charge in [0.1, 0.15) is 5.82 Å². The number of nitrogens with one attached hydrogen (secondary N) is 1. The lowest BCUT2D eigenvalue weighted by atomic mass is 9.62. The Morgan fingerprint density at radius 1 is 1.39 bits per heavy atom. The first-order chi connectivity index (χ1) is 11.3. The van der Waals surface area contributed by atoms with E-state index >= 15 is 0 Å². The van der Waals surface area contributed by atoms with Crippen LogP contribution < -0.4 is 0 Å². The fourth-order valence-electron chi connectivity index (χ4n) is 4.16. The molecule has 1 amide bonds. The number of hydrogen-bond donors (Lipinski definition) is 1. The summed E-state index contributed by atoms with van der Waals surface area (Å²) < 4.78 is 0. The molecule has 2 aromatic heterocycles. The number of likely N-dealkylation sites (tertiary alicyclic amines) is 1. The molecule has 1 atom stereocenters. The molecule has 2 aromatic rings. The molecule has 2 aliphatic carbocycles. The minimum absolute atomic E-state index is 0.177. The van der Waals surface area contributed by atoms with Crippen molar-refractivity contribution >= 4 is 17.2 Å². The standard InChI is InChI=1S/C17H20N4OS/c22-16(13-3-1-8-23-13)21-9-12(17(10-21)6-2-7-17)15-18-14(19-20-15)11-4-5-11/h1,3,8,11-12H,2,4-7,9-10H2,(H,18,19,20). The lowest BCUT2D eigenvalue weighted by Gasteiger charge is -2.41. The molecule has 5 nitrogen and oxygen atoms in total. The highest BCUT2D eigenvalue weighted by Crippen LogP contribution is 2.55. The van der Waals surface area contributed by atoms with Crippen LogP contribution in [0.2, 0.25) is 0 Å². The molecule has 0 aromatic carbocycles. The third-order valence-electron chi connectivity index (χ3n) is 5.81. The zero-order valence-electron chi connectivity index (χ0n) is 13.0. The maximum atomic E-state index is 12.7. The summed E-state index contributed by atoms with van der Waals surface area (Å²) in [6.07, 6.45) is 6.10. The van der Waals surface area contributed by atoms with Gasteiger partial charge in [0.05, 0.1) is 4.88 Å². The van der Waals surface area contributed by atoms with Crippen molar-refractivity contribution in [2.75, 3.05) is 13.1 Å². The van der Waals surface area contributed by atoms with E-state index in [1.165, 1.54) is 43.4 Å². The van der Waals surface area contributed by atoms with Gasteiger partial charge in [0, 0.05) is 24.9 Å². The van der Waals surface area contributed by atoms with Crippen LogP contribution >= 0.6 is 11.3 Å². The molecule has 0 radical (unpaired) electrons. The van der Waals surface area contributed by atoms with Gasteiger partial charge in [-0.05, 0) is 42.5 Å². The summed E-state index contributed by atoms with van der Waals surface area (Å²) in [4.78, 5) is 20.4. The fourth-order valence-corrected chi connectivity index (χ4v) is 4.85. The number of rotatable bonds is 3. The Kier molecular flexibility index (Phi) is 2.92. The number of nitrogens with zero attached hydrogens (tertiary/aromatic N) is 3. The molecule has 120 valence electrons. The number of aromatic amines is 1. The SMILES string of the molecule is O=C(c1cccs1)N1CC(c2nc(C3CC3)n[nH]2)C2(CCC2)C1. The van der Waals surface area contributed by atoms with E-state index < -0.39 is 0 Å². The molecule has 2 saturated carbocycles. The molecule has 5 rings (SSSR count). The molecule has 1 unspecified atom stereocenters. The Balaban J connectivity index is 1.42.